The number of ether oxygens (including phenoxy) is 1. The first kappa shape index (κ1) is 20.2. The van der Waals surface area contributed by atoms with Crippen LogP contribution in [0.3, 0.4) is 0 Å². The first-order valence-corrected chi connectivity index (χ1v) is 10.5. The van der Waals surface area contributed by atoms with Gasteiger partial charge in [0.05, 0.1) is 27.2 Å². The Balaban J connectivity index is 2.14. The van der Waals surface area contributed by atoms with E-state index in [1.54, 1.807) is 17.2 Å². The van der Waals surface area contributed by atoms with Crippen molar-refractivity contribution < 1.29 is 13.9 Å². The molecule has 0 aromatic carbocycles. The number of fused-ring (bicyclic) bond motifs is 1. The number of rotatable bonds is 3. The van der Waals surface area contributed by atoms with Crippen LogP contribution in [0.5, 0.6) is 0 Å². The third-order valence-corrected chi connectivity index (χ3v) is 5.89. The lowest BCUT2D eigenvalue weighted by Crippen LogP contribution is -2.39. The van der Waals surface area contributed by atoms with Crippen molar-refractivity contribution in [3.8, 4) is 0 Å². The summed E-state index contributed by atoms with van der Waals surface area (Å²) in [4.78, 5) is 19.1. The molecule has 27 heavy (non-hydrogen) atoms. The first-order chi connectivity index (χ1) is 12.7. The molecule has 0 fully saturated rings. The molecule has 0 atom stereocenters. The summed E-state index contributed by atoms with van der Waals surface area (Å²) in [5.41, 5.74) is 0.239. The van der Waals surface area contributed by atoms with Gasteiger partial charge in [-0.25, -0.2) is 9.79 Å². The molecule has 0 spiro atoms. The van der Waals surface area contributed by atoms with Gasteiger partial charge >= 0.3 is 6.09 Å². The maximum absolute atomic E-state index is 13.0. The van der Waals surface area contributed by atoms with E-state index in [0.29, 0.717) is 23.8 Å². The van der Waals surface area contributed by atoms with Crippen LogP contribution in [0.4, 0.5) is 4.79 Å². The number of allylic oxidation sites excluding steroid dienone is 1. The van der Waals surface area contributed by atoms with E-state index in [4.69, 9.17) is 20.8 Å². The molecule has 0 unspecified atom stereocenters. The molecule has 0 saturated heterocycles. The number of nitrogens with zero attached hydrogens (tertiary/aromatic N) is 2. The molecule has 8 heteroatoms. The van der Waals surface area contributed by atoms with Crippen LogP contribution in [0.1, 0.15) is 39.4 Å². The fourth-order valence-electron chi connectivity index (χ4n) is 2.64. The Morgan fingerprint density at radius 1 is 1.48 bits per heavy atom. The highest BCUT2D eigenvalue weighted by atomic mass is 79.9. The predicted molar refractivity (Wildman–Crippen MR) is 110 cm³/mol. The normalized spacial score (nSPS) is 19.7. The Labute approximate surface area is 175 Å². The summed E-state index contributed by atoms with van der Waals surface area (Å²) in [7, 11) is 0. The molecule has 3 heterocycles. The summed E-state index contributed by atoms with van der Waals surface area (Å²) in [5, 5.41) is 3.12. The molecular weight excluding hydrogens is 452 g/mol. The Morgan fingerprint density at radius 2 is 2.26 bits per heavy atom. The zero-order valence-corrected chi connectivity index (χ0v) is 18.4. The van der Waals surface area contributed by atoms with Crippen molar-refractivity contribution in [2.75, 3.05) is 0 Å². The van der Waals surface area contributed by atoms with Crippen molar-refractivity contribution in [1.82, 2.24) is 4.90 Å². The largest absolute Gasteiger partial charge is 0.467 e. The fraction of sp³-hybridized carbons (Fsp3) is 0.368. The molecule has 0 bridgehead atoms. The van der Waals surface area contributed by atoms with Gasteiger partial charge in [-0.05, 0) is 67.8 Å². The van der Waals surface area contributed by atoms with Gasteiger partial charge < -0.3 is 9.15 Å². The van der Waals surface area contributed by atoms with Gasteiger partial charge in [-0.2, -0.15) is 0 Å². The number of carbonyl (C=O) groups is 1. The molecule has 1 aliphatic rings. The van der Waals surface area contributed by atoms with Crippen LogP contribution in [-0.4, -0.2) is 16.6 Å². The summed E-state index contributed by atoms with van der Waals surface area (Å²) in [6, 6.07) is 3.64. The molecule has 1 amide bonds. The Hall–Kier alpha value is -1.57. The minimum absolute atomic E-state index is 0.281. The van der Waals surface area contributed by atoms with Gasteiger partial charge in [0.2, 0.25) is 0 Å². The van der Waals surface area contributed by atoms with Crippen LogP contribution in [0.15, 0.2) is 48.9 Å². The quantitative estimate of drug-likeness (QED) is 0.582. The van der Waals surface area contributed by atoms with Crippen LogP contribution in [0.25, 0.3) is 5.70 Å². The number of furan rings is 1. The van der Waals surface area contributed by atoms with Gasteiger partial charge in [0, 0.05) is 11.1 Å². The summed E-state index contributed by atoms with van der Waals surface area (Å²) < 4.78 is 12.9. The Bertz CT molecular complexity index is 974. The lowest BCUT2D eigenvalue weighted by atomic mass is 10.2. The lowest BCUT2D eigenvalue weighted by molar-refractivity contribution is 0.0326. The smallest absolute Gasteiger partial charge is 0.415 e. The van der Waals surface area contributed by atoms with Crippen molar-refractivity contribution in [2.45, 2.75) is 45.8 Å². The van der Waals surface area contributed by atoms with E-state index in [1.807, 2.05) is 38.3 Å². The summed E-state index contributed by atoms with van der Waals surface area (Å²) in [6.07, 6.45) is 4.33. The van der Waals surface area contributed by atoms with E-state index < -0.39 is 11.7 Å². The number of amides is 1. The molecular formula is C19H20BrClN2O3S. The molecule has 0 radical (unpaired) electrons. The highest BCUT2D eigenvalue weighted by molar-refractivity contribution is 9.10. The lowest BCUT2D eigenvalue weighted by Gasteiger charge is -2.28. The molecule has 2 aromatic heterocycles. The predicted octanol–water partition coefficient (Wildman–Crippen LogP) is 5.14. The average Bonchev–Trinajstić information content (AvgIpc) is 3.17. The van der Waals surface area contributed by atoms with Crippen molar-refractivity contribution in [1.29, 1.82) is 0 Å². The van der Waals surface area contributed by atoms with Crippen LogP contribution in [0, 0.1) is 0 Å². The van der Waals surface area contributed by atoms with Crippen LogP contribution in [-0.2, 0) is 11.3 Å². The number of carbonyl (C=O) groups excluding carboxylic acids is 1. The molecule has 0 N–H and O–H groups in total. The monoisotopic (exact) mass is 470 g/mol. The second-order valence-electron chi connectivity index (χ2n) is 7.03. The first-order valence-electron chi connectivity index (χ1n) is 8.48. The summed E-state index contributed by atoms with van der Waals surface area (Å²) >= 11 is 11.2. The maximum Gasteiger partial charge on any atom is 0.415 e. The molecule has 3 rings (SSSR count). The number of hydrogen-bond donors (Lipinski definition) is 0. The summed E-state index contributed by atoms with van der Waals surface area (Å²) in [5.74, 6) is 0.679. The fourth-order valence-corrected chi connectivity index (χ4v) is 4.48. The van der Waals surface area contributed by atoms with E-state index in [2.05, 4.69) is 20.9 Å². The van der Waals surface area contributed by atoms with E-state index in [0.717, 1.165) is 20.1 Å². The van der Waals surface area contributed by atoms with Gasteiger partial charge in [-0.1, -0.05) is 11.6 Å². The number of hydrogen-bond acceptors (Lipinski definition) is 5. The van der Waals surface area contributed by atoms with Gasteiger partial charge in [-0.3, -0.25) is 4.90 Å². The molecule has 1 aliphatic heterocycles. The molecule has 0 aliphatic carbocycles. The van der Waals surface area contributed by atoms with Crippen LogP contribution in [0.2, 0.25) is 0 Å². The van der Waals surface area contributed by atoms with Crippen molar-refractivity contribution in [3.63, 3.8) is 0 Å². The van der Waals surface area contributed by atoms with Crippen molar-refractivity contribution in [2.24, 2.45) is 4.99 Å². The molecule has 144 valence electrons. The Kier molecular flexibility index (Phi) is 6.13. The summed E-state index contributed by atoms with van der Waals surface area (Å²) in [6.45, 7) is 5.83. The highest BCUT2D eigenvalue weighted by Crippen LogP contribution is 2.23. The minimum atomic E-state index is -0.604. The van der Waals surface area contributed by atoms with Crippen LogP contribution >= 0.6 is 38.9 Å². The third kappa shape index (κ3) is 5.03. The van der Waals surface area contributed by atoms with E-state index in [9.17, 15) is 4.79 Å². The molecule has 5 nitrogen and oxygen atoms in total. The average molecular weight is 472 g/mol. The van der Waals surface area contributed by atoms with Gasteiger partial charge in [0.1, 0.15) is 16.5 Å². The van der Waals surface area contributed by atoms with Gasteiger partial charge in [0.15, 0.2) is 0 Å². The van der Waals surface area contributed by atoms with Gasteiger partial charge in [-0.15, -0.1) is 11.3 Å². The van der Waals surface area contributed by atoms with E-state index in [1.165, 1.54) is 11.3 Å². The zero-order chi connectivity index (χ0) is 19.6. The zero-order valence-electron chi connectivity index (χ0n) is 15.3. The minimum Gasteiger partial charge on any atom is -0.467 e. The number of thiophene rings is 1. The molecule has 2 aromatic rings. The van der Waals surface area contributed by atoms with Crippen LogP contribution < -0.4 is 9.89 Å². The maximum atomic E-state index is 13.0. The van der Waals surface area contributed by atoms with Gasteiger partial charge in [0.25, 0.3) is 0 Å². The highest BCUT2D eigenvalue weighted by Gasteiger charge is 2.27. The van der Waals surface area contributed by atoms with E-state index in [-0.39, 0.29) is 6.54 Å². The van der Waals surface area contributed by atoms with Crippen molar-refractivity contribution in [3.05, 3.63) is 55.1 Å². The van der Waals surface area contributed by atoms with E-state index >= 15 is 0 Å². The number of halogens is 2. The molecule has 0 saturated carbocycles. The SMILES string of the molecule is CC(C)(C)OC(=O)N(Cc1ccco1)\C1=c2/scc(Br)/c2=N/C(Cl)=C\CC1. The third-order valence-electron chi connectivity index (χ3n) is 3.73. The second kappa shape index (κ2) is 8.20. The Morgan fingerprint density at radius 3 is 2.93 bits per heavy atom. The second-order valence-corrected chi connectivity index (χ2v) is 9.15. The topological polar surface area (TPSA) is 55.0 Å². The van der Waals surface area contributed by atoms with Crippen molar-refractivity contribution >= 4 is 50.7 Å². The standard InChI is InChI=1S/C19H20BrClN2O3S/c1-19(2,3)26-18(24)23(10-12-6-5-9-25-12)14-7-4-8-15(21)22-16-13(20)11-27-17(14)16/h5-6,8-9,11H,4,7,10H2,1-3H3/b15-8-,17-14-,22-16-.